The van der Waals surface area contributed by atoms with Gasteiger partial charge in [-0.3, -0.25) is 4.90 Å². The molecule has 19 heavy (non-hydrogen) atoms. The molecule has 1 aromatic carbocycles. The smallest absolute Gasteiger partial charge is 0.244 e. The van der Waals surface area contributed by atoms with Crippen LogP contribution in [0.15, 0.2) is 23.1 Å². The molecule has 1 radical (unpaired) electrons. The molecule has 1 aliphatic heterocycles. The first kappa shape index (κ1) is 14.8. The van der Waals surface area contributed by atoms with Crippen molar-refractivity contribution in [3.8, 4) is 0 Å². The van der Waals surface area contributed by atoms with Crippen LogP contribution in [0.3, 0.4) is 0 Å². The molecule has 0 atom stereocenters. The SMILES string of the molecule is CC(C)N1CCN(S(=O)(=O)c2c[c]ccc2Cl)CC1. The summed E-state index contributed by atoms with van der Waals surface area (Å²) in [6, 6.07) is 7.82. The van der Waals surface area contributed by atoms with Crippen LogP contribution >= 0.6 is 11.6 Å². The number of hydrogen-bond acceptors (Lipinski definition) is 3. The molecule has 0 amide bonds. The summed E-state index contributed by atoms with van der Waals surface area (Å²) in [6.07, 6.45) is 0. The average molecular weight is 302 g/mol. The van der Waals surface area contributed by atoms with Crippen LogP contribution in [0.2, 0.25) is 5.02 Å². The predicted octanol–water partition coefficient (Wildman–Crippen LogP) is 1.85. The van der Waals surface area contributed by atoms with Crippen molar-refractivity contribution in [2.45, 2.75) is 24.8 Å². The van der Waals surface area contributed by atoms with Crippen LogP contribution in [0, 0.1) is 6.07 Å². The minimum absolute atomic E-state index is 0.148. The summed E-state index contributed by atoms with van der Waals surface area (Å²) < 4.78 is 26.5. The number of sulfonamides is 1. The van der Waals surface area contributed by atoms with Crippen molar-refractivity contribution >= 4 is 21.6 Å². The Hall–Kier alpha value is -0.620. The lowest BCUT2D eigenvalue weighted by Gasteiger charge is -2.36. The Morgan fingerprint density at radius 2 is 1.89 bits per heavy atom. The van der Waals surface area contributed by atoms with Gasteiger partial charge in [-0.2, -0.15) is 4.31 Å². The molecule has 0 aliphatic carbocycles. The van der Waals surface area contributed by atoms with Gasteiger partial charge < -0.3 is 0 Å². The first-order chi connectivity index (χ1) is 8.93. The normalized spacial score (nSPS) is 18.9. The molecular weight excluding hydrogens is 284 g/mol. The summed E-state index contributed by atoms with van der Waals surface area (Å²) in [7, 11) is -3.50. The summed E-state index contributed by atoms with van der Waals surface area (Å²) in [5.41, 5.74) is 0. The van der Waals surface area contributed by atoms with Gasteiger partial charge in [-0.25, -0.2) is 8.42 Å². The maximum atomic E-state index is 12.5. The van der Waals surface area contributed by atoms with Crippen molar-refractivity contribution in [2.75, 3.05) is 26.2 Å². The first-order valence-electron chi connectivity index (χ1n) is 6.32. The lowest BCUT2D eigenvalue weighted by molar-refractivity contribution is 0.154. The number of piperazine rings is 1. The summed E-state index contributed by atoms with van der Waals surface area (Å²) in [6.45, 7) is 6.76. The molecule has 0 saturated carbocycles. The fourth-order valence-electron chi connectivity index (χ4n) is 2.19. The third-order valence-electron chi connectivity index (χ3n) is 3.40. The van der Waals surface area contributed by atoms with Crippen LogP contribution in [-0.4, -0.2) is 49.8 Å². The molecule has 1 aliphatic rings. The first-order valence-corrected chi connectivity index (χ1v) is 8.14. The second-order valence-corrected chi connectivity index (χ2v) is 7.20. The highest BCUT2D eigenvalue weighted by atomic mass is 35.5. The summed E-state index contributed by atoms with van der Waals surface area (Å²) in [4.78, 5) is 2.42. The van der Waals surface area contributed by atoms with E-state index in [1.54, 1.807) is 12.1 Å². The van der Waals surface area contributed by atoms with Gasteiger partial charge in [0.05, 0.1) is 5.02 Å². The number of nitrogens with zero attached hydrogens (tertiary/aromatic N) is 2. The van der Waals surface area contributed by atoms with Crippen molar-refractivity contribution in [3.05, 3.63) is 29.3 Å². The maximum absolute atomic E-state index is 12.5. The van der Waals surface area contributed by atoms with E-state index in [1.807, 2.05) is 0 Å². The Labute approximate surface area is 120 Å². The largest absolute Gasteiger partial charge is 0.298 e. The number of benzene rings is 1. The summed E-state index contributed by atoms with van der Waals surface area (Å²) in [5, 5.41) is 0.255. The van der Waals surface area contributed by atoms with Crippen LogP contribution in [-0.2, 0) is 10.0 Å². The fourth-order valence-corrected chi connectivity index (χ4v) is 4.06. The zero-order valence-electron chi connectivity index (χ0n) is 11.1. The molecule has 0 bridgehead atoms. The van der Waals surface area contributed by atoms with E-state index in [1.165, 1.54) is 10.4 Å². The van der Waals surface area contributed by atoms with Crippen LogP contribution in [0.25, 0.3) is 0 Å². The predicted molar refractivity (Wildman–Crippen MR) is 75.8 cm³/mol. The molecule has 0 unspecified atom stereocenters. The topological polar surface area (TPSA) is 40.6 Å². The lowest BCUT2D eigenvalue weighted by atomic mass is 10.3. The summed E-state index contributed by atoms with van der Waals surface area (Å²) in [5.74, 6) is 0. The Balaban J connectivity index is 2.17. The van der Waals surface area contributed by atoms with Gasteiger partial charge in [0.25, 0.3) is 0 Å². The van der Waals surface area contributed by atoms with Gasteiger partial charge in [0, 0.05) is 32.2 Å². The fraction of sp³-hybridized carbons (Fsp3) is 0.538. The van der Waals surface area contributed by atoms with Gasteiger partial charge in [0.15, 0.2) is 0 Å². The van der Waals surface area contributed by atoms with E-state index in [0.29, 0.717) is 19.1 Å². The molecule has 1 aromatic rings. The molecule has 0 aromatic heterocycles. The highest BCUT2D eigenvalue weighted by Gasteiger charge is 2.30. The Kier molecular flexibility index (Phi) is 4.50. The van der Waals surface area contributed by atoms with Gasteiger partial charge in [0.2, 0.25) is 10.0 Å². The average Bonchev–Trinajstić information content (AvgIpc) is 2.39. The van der Waals surface area contributed by atoms with Crippen LogP contribution in [0.5, 0.6) is 0 Å². The van der Waals surface area contributed by atoms with Crippen LogP contribution in [0.1, 0.15) is 13.8 Å². The second kappa shape index (κ2) is 5.79. The van der Waals surface area contributed by atoms with Gasteiger partial charge in [-0.05, 0) is 32.0 Å². The third kappa shape index (κ3) is 3.11. The molecule has 2 rings (SSSR count). The Morgan fingerprint density at radius 3 is 2.42 bits per heavy atom. The summed E-state index contributed by atoms with van der Waals surface area (Å²) >= 11 is 5.97. The molecule has 4 nitrogen and oxygen atoms in total. The zero-order chi connectivity index (χ0) is 14.0. The third-order valence-corrected chi connectivity index (χ3v) is 5.78. The molecule has 6 heteroatoms. The van der Waals surface area contributed by atoms with E-state index >= 15 is 0 Å². The van der Waals surface area contributed by atoms with Crippen molar-refractivity contribution in [1.29, 1.82) is 0 Å². The number of rotatable bonds is 3. The molecule has 105 valence electrons. The van der Waals surface area contributed by atoms with E-state index in [-0.39, 0.29) is 9.92 Å². The van der Waals surface area contributed by atoms with E-state index < -0.39 is 10.0 Å². The van der Waals surface area contributed by atoms with E-state index in [9.17, 15) is 8.42 Å². The quantitative estimate of drug-likeness (QED) is 0.855. The maximum Gasteiger partial charge on any atom is 0.244 e. The number of hydrogen-bond donors (Lipinski definition) is 0. The van der Waals surface area contributed by atoms with E-state index in [4.69, 9.17) is 11.6 Å². The number of halogens is 1. The van der Waals surface area contributed by atoms with Crippen LogP contribution in [0.4, 0.5) is 0 Å². The van der Waals surface area contributed by atoms with Gasteiger partial charge in [-0.1, -0.05) is 17.7 Å². The van der Waals surface area contributed by atoms with Crippen molar-refractivity contribution in [1.82, 2.24) is 9.21 Å². The monoisotopic (exact) mass is 301 g/mol. The van der Waals surface area contributed by atoms with Gasteiger partial charge >= 0.3 is 0 Å². The molecule has 0 N–H and O–H groups in total. The highest BCUT2D eigenvalue weighted by Crippen LogP contribution is 2.24. The Morgan fingerprint density at radius 1 is 1.26 bits per heavy atom. The molecule has 1 fully saturated rings. The van der Waals surface area contributed by atoms with Crippen LogP contribution < -0.4 is 0 Å². The second-order valence-electron chi connectivity index (χ2n) is 4.89. The van der Waals surface area contributed by atoms with Gasteiger partial charge in [-0.15, -0.1) is 0 Å². The van der Waals surface area contributed by atoms with Crippen molar-refractivity contribution < 1.29 is 8.42 Å². The molecule has 0 spiro atoms. The molecule has 1 saturated heterocycles. The zero-order valence-corrected chi connectivity index (χ0v) is 12.7. The lowest BCUT2D eigenvalue weighted by Crippen LogP contribution is -2.50. The molecule has 1 heterocycles. The minimum atomic E-state index is -3.50. The molecular formula is C13H18ClN2O2S. The standard InChI is InChI=1S/C13H18ClN2O2S/c1-11(2)15-7-9-16(10-8-15)19(17,18)13-6-4-3-5-12(13)14/h3,5-6,11H,7-10H2,1-2H3. The van der Waals surface area contributed by atoms with Gasteiger partial charge in [0.1, 0.15) is 4.90 Å². The van der Waals surface area contributed by atoms with E-state index in [0.717, 1.165) is 13.1 Å². The Bertz CT molecular complexity index is 537. The van der Waals surface area contributed by atoms with Crippen molar-refractivity contribution in [3.63, 3.8) is 0 Å². The van der Waals surface area contributed by atoms with Crippen molar-refractivity contribution in [2.24, 2.45) is 0 Å². The highest BCUT2D eigenvalue weighted by molar-refractivity contribution is 7.89. The van der Waals surface area contributed by atoms with E-state index in [2.05, 4.69) is 24.8 Å². The minimum Gasteiger partial charge on any atom is -0.298 e.